The summed E-state index contributed by atoms with van der Waals surface area (Å²) in [6.07, 6.45) is 1.26. The molecule has 0 aromatic carbocycles. The fourth-order valence-corrected chi connectivity index (χ4v) is 4.05. The number of aromatic nitrogens is 5. The average Bonchev–Trinajstić information content (AvgIpc) is 3.20. The van der Waals surface area contributed by atoms with Crippen molar-refractivity contribution in [1.82, 2.24) is 25.0 Å². The minimum absolute atomic E-state index is 0.0433. The van der Waals surface area contributed by atoms with Gasteiger partial charge in [-0.05, 0) is 12.3 Å². The summed E-state index contributed by atoms with van der Waals surface area (Å²) in [5.41, 5.74) is 5.90. The fraction of sp³-hybridized carbons (Fsp3) is 0.600. The maximum atomic E-state index is 12.8. The van der Waals surface area contributed by atoms with Gasteiger partial charge in [0.2, 0.25) is 17.0 Å². The first-order valence-electron chi connectivity index (χ1n) is 8.38. The molecule has 0 aliphatic carbocycles. The number of hydrogen-bond acceptors (Lipinski definition) is 10. The van der Waals surface area contributed by atoms with Gasteiger partial charge in [-0.15, -0.1) is 20.4 Å². The fourth-order valence-electron chi connectivity index (χ4n) is 2.27. The Morgan fingerprint density at radius 1 is 1.30 bits per heavy atom. The van der Waals surface area contributed by atoms with Crippen LogP contribution < -0.4 is 11.1 Å². The lowest BCUT2D eigenvalue weighted by atomic mass is 10.1. The van der Waals surface area contributed by atoms with Crippen molar-refractivity contribution in [1.29, 1.82) is 0 Å². The van der Waals surface area contributed by atoms with E-state index in [1.807, 2.05) is 6.92 Å². The van der Waals surface area contributed by atoms with E-state index in [2.05, 4.69) is 44.3 Å². The van der Waals surface area contributed by atoms with E-state index >= 15 is 0 Å². The van der Waals surface area contributed by atoms with Gasteiger partial charge in [-0.1, -0.05) is 43.9 Å². The van der Waals surface area contributed by atoms with Crippen LogP contribution in [0.15, 0.2) is 5.16 Å². The van der Waals surface area contributed by atoms with Crippen molar-refractivity contribution in [2.45, 2.75) is 44.8 Å². The number of nitrogens with two attached hydrogens (primary N) is 1. The first-order valence-corrected chi connectivity index (χ1v) is 10.2. The molecule has 10 nitrogen and oxygen atoms in total. The summed E-state index contributed by atoms with van der Waals surface area (Å²) in [6, 6.07) is -0.641. The molecule has 148 valence electrons. The van der Waals surface area contributed by atoms with Gasteiger partial charge >= 0.3 is 5.97 Å². The Balaban J connectivity index is 2.13. The number of nitrogens with zero attached hydrogens (tertiary/aromatic N) is 5. The molecule has 0 saturated heterocycles. The second-order valence-corrected chi connectivity index (χ2v) is 8.09. The SMILES string of the molecule is CCC(C(=O)Nc1nnc(CC(C)C)s1)n1c(N)nnc1SCC(=O)OC. The first-order chi connectivity index (χ1) is 12.8. The van der Waals surface area contributed by atoms with Gasteiger partial charge in [0.05, 0.1) is 12.9 Å². The molecule has 0 fully saturated rings. The van der Waals surface area contributed by atoms with E-state index in [-0.39, 0.29) is 17.6 Å². The van der Waals surface area contributed by atoms with Crippen LogP contribution in [0.2, 0.25) is 0 Å². The highest BCUT2D eigenvalue weighted by Gasteiger charge is 2.26. The quantitative estimate of drug-likeness (QED) is 0.465. The Morgan fingerprint density at radius 2 is 2.04 bits per heavy atom. The Hall–Kier alpha value is -2.21. The smallest absolute Gasteiger partial charge is 0.316 e. The Bertz CT molecular complexity index is 790. The number of ether oxygens (including phenoxy) is 1. The molecular formula is C15H23N7O3S2. The van der Waals surface area contributed by atoms with Crippen LogP contribution in [0.25, 0.3) is 0 Å². The maximum absolute atomic E-state index is 12.8. The zero-order chi connectivity index (χ0) is 20.0. The van der Waals surface area contributed by atoms with Gasteiger partial charge in [-0.25, -0.2) is 0 Å². The van der Waals surface area contributed by atoms with Crippen molar-refractivity contribution in [2.75, 3.05) is 23.9 Å². The van der Waals surface area contributed by atoms with E-state index in [9.17, 15) is 9.59 Å². The second-order valence-electron chi connectivity index (χ2n) is 6.09. The highest BCUT2D eigenvalue weighted by atomic mass is 32.2. The van der Waals surface area contributed by atoms with Crippen molar-refractivity contribution in [3.63, 3.8) is 0 Å². The molecule has 2 aromatic heterocycles. The Labute approximate surface area is 165 Å². The van der Waals surface area contributed by atoms with Crippen LogP contribution in [0, 0.1) is 5.92 Å². The molecule has 12 heteroatoms. The van der Waals surface area contributed by atoms with Crippen LogP contribution in [0.3, 0.4) is 0 Å². The minimum atomic E-state index is -0.641. The molecule has 0 radical (unpaired) electrons. The van der Waals surface area contributed by atoms with E-state index in [4.69, 9.17) is 5.73 Å². The molecule has 2 heterocycles. The Kier molecular flexibility index (Phi) is 7.54. The summed E-state index contributed by atoms with van der Waals surface area (Å²) in [6.45, 7) is 6.03. The topological polar surface area (TPSA) is 138 Å². The highest BCUT2D eigenvalue weighted by molar-refractivity contribution is 7.99. The maximum Gasteiger partial charge on any atom is 0.316 e. The lowest BCUT2D eigenvalue weighted by molar-refractivity contribution is -0.137. The number of nitrogens with one attached hydrogen (secondary N) is 1. The first kappa shape index (κ1) is 21.1. The number of carbonyl (C=O) groups excluding carboxylic acids is 2. The van der Waals surface area contributed by atoms with Crippen LogP contribution in [-0.2, 0) is 20.7 Å². The second kappa shape index (κ2) is 9.65. The number of hydrogen-bond donors (Lipinski definition) is 2. The van der Waals surface area contributed by atoms with Crippen molar-refractivity contribution < 1.29 is 14.3 Å². The third kappa shape index (κ3) is 5.63. The summed E-state index contributed by atoms with van der Waals surface area (Å²) in [5.74, 6) is -0.103. The zero-order valence-corrected chi connectivity index (χ0v) is 17.3. The summed E-state index contributed by atoms with van der Waals surface area (Å²) in [7, 11) is 1.31. The largest absolute Gasteiger partial charge is 0.468 e. The van der Waals surface area contributed by atoms with Crippen LogP contribution in [0.1, 0.15) is 38.2 Å². The van der Waals surface area contributed by atoms with Gasteiger partial charge in [0, 0.05) is 6.42 Å². The van der Waals surface area contributed by atoms with Crippen LogP contribution >= 0.6 is 23.1 Å². The molecule has 0 bridgehead atoms. The monoisotopic (exact) mass is 413 g/mol. The zero-order valence-electron chi connectivity index (χ0n) is 15.6. The minimum Gasteiger partial charge on any atom is -0.468 e. The van der Waals surface area contributed by atoms with Crippen LogP contribution in [0.4, 0.5) is 11.1 Å². The standard InChI is InChI=1S/C15H23N7O3S2/c1-5-9(12(24)17-14-20-18-10(27-14)6-8(2)3)22-13(16)19-21-15(22)26-7-11(23)25-4/h8-9H,5-7H2,1-4H3,(H2,16,19)(H,17,20,24). The highest BCUT2D eigenvalue weighted by Crippen LogP contribution is 2.27. The van der Waals surface area contributed by atoms with E-state index in [0.717, 1.165) is 23.2 Å². The van der Waals surface area contributed by atoms with Crippen LogP contribution in [0.5, 0.6) is 0 Å². The molecule has 3 N–H and O–H groups in total. The average molecular weight is 414 g/mol. The van der Waals surface area contributed by atoms with Crippen molar-refractivity contribution in [3.8, 4) is 0 Å². The lowest BCUT2D eigenvalue weighted by Crippen LogP contribution is -2.27. The number of methoxy groups -OCH3 is 1. The van der Waals surface area contributed by atoms with Crippen molar-refractivity contribution >= 4 is 46.1 Å². The van der Waals surface area contributed by atoms with Gasteiger partial charge in [0.1, 0.15) is 11.0 Å². The Morgan fingerprint density at radius 3 is 2.67 bits per heavy atom. The summed E-state index contributed by atoms with van der Waals surface area (Å²) < 4.78 is 6.13. The third-order valence-corrected chi connectivity index (χ3v) is 5.30. The molecule has 0 aliphatic rings. The normalized spacial score (nSPS) is 12.2. The number of anilines is 2. The number of amides is 1. The summed E-state index contributed by atoms with van der Waals surface area (Å²) >= 11 is 2.46. The van der Waals surface area contributed by atoms with E-state index < -0.39 is 12.0 Å². The molecular weight excluding hydrogens is 390 g/mol. The van der Waals surface area contributed by atoms with Crippen molar-refractivity contribution in [3.05, 3.63) is 5.01 Å². The summed E-state index contributed by atoms with van der Waals surface area (Å²) in [5, 5.41) is 20.3. The van der Waals surface area contributed by atoms with E-state index in [1.165, 1.54) is 23.0 Å². The van der Waals surface area contributed by atoms with Crippen molar-refractivity contribution in [2.24, 2.45) is 5.92 Å². The third-order valence-electron chi connectivity index (χ3n) is 3.52. The van der Waals surface area contributed by atoms with E-state index in [1.54, 1.807) is 0 Å². The van der Waals surface area contributed by atoms with Gasteiger partial charge < -0.3 is 10.5 Å². The van der Waals surface area contributed by atoms with Gasteiger partial charge in [0.15, 0.2) is 5.16 Å². The number of nitrogen functional groups attached to an aromatic ring is 1. The summed E-state index contributed by atoms with van der Waals surface area (Å²) in [4.78, 5) is 24.1. The molecule has 0 saturated carbocycles. The predicted molar refractivity (Wildman–Crippen MR) is 104 cm³/mol. The molecule has 1 atom stereocenters. The van der Waals surface area contributed by atoms with Crippen LogP contribution in [-0.4, -0.2) is 49.7 Å². The molecule has 27 heavy (non-hydrogen) atoms. The molecule has 2 aromatic rings. The molecule has 0 aliphatic heterocycles. The van der Waals surface area contributed by atoms with Gasteiger partial charge in [-0.2, -0.15) is 0 Å². The predicted octanol–water partition coefficient (Wildman–Crippen LogP) is 1.77. The molecule has 1 unspecified atom stereocenters. The number of thioether (sulfide) groups is 1. The van der Waals surface area contributed by atoms with Gasteiger partial charge in [-0.3, -0.25) is 19.5 Å². The molecule has 0 spiro atoms. The molecule has 1 amide bonds. The number of rotatable bonds is 9. The van der Waals surface area contributed by atoms with Gasteiger partial charge in [0.25, 0.3) is 0 Å². The molecule has 2 rings (SSSR count). The van der Waals surface area contributed by atoms with E-state index in [0.29, 0.717) is 22.6 Å². The number of esters is 1. The number of carbonyl (C=O) groups is 2. The lowest BCUT2D eigenvalue weighted by Gasteiger charge is -2.17.